The van der Waals surface area contributed by atoms with E-state index in [2.05, 4.69) is 0 Å². The molecule has 86 valence electrons. The van der Waals surface area contributed by atoms with Crippen molar-refractivity contribution in [2.75, 3.05) is 0 Å². The number of hydrogen-bond acceptors (Lipinski definition) is 2. The van der Waals surface area contributed by atoms with Gasteiger partial charge in [0, 0.05) is 6.04 Å². The number of rotatable bonds is 2. The molecule has 1 aliphatic heterocycles. The van der Waals surface area contributed by atoms with Gasteiger partial charge in [-0.3, -0.25) is 9.36 Å². The Bertz CT molecular complexity index is 296. The molecule has 0 saturated carbocycles. The minimum Gasteiger partial charge on any atom is -0.311 e. The van der Waals surface area contributed by atoms with Gasteiger partial charge in [-0.2, -0.15) is 0 Å². The predicted molar refractivity (Wildman–Crippen MR) is 62.0 cm³/mol. The van der Waals surface area contributed by atoms with E-state index in [0.29, 0.717) is 0 Å². The highest BCUT2D eigenvalue weighted by molar-refractivity contribution is 6.78. The monoisotopic (exact) mass is 228 g/mol. The van der Waals surface area contributed by atoms with Crippen LogP contribution in [0.15, 0.2) is 0 Å². The third kappa shape index (κ3) is 1.93. The minimum absolute atomic E-state index is 0.0344. The van der Waals surface area contributed by atoms with Crippen molar-refractivity contribution in [3.8, 4) is 0 Å². The summed E-state index contributed by atoms with van der Waals surface area (Å²) in [7, 11) is -1.89. The van der Waals surface area contributed by atoms with Crippen molar-refractivity contribution in [2.45, 2.75) is 52.5 Å². The van der Waals surface area contributed by atoms with Gasteiger partial charge in [0.1, 0.15) is 6.04 Å². The van der Waals surface area contributed by atoms with Crippen LogP contribution in [-0.4, -0.2) is 41.7 Å². The first kappa shape index (κ1) is 12.2. The molecule has 1 aliphatic rings. The van der Waals surface area contributed by atoms with E-state index < -0.39 is 8.24 Å². The number of carbonyl (C=O) groups is 2. The van der Waals surface area contributed by atoms with Gasteiger partial charge < -0.3 is 4.90 Å². The first-order chi connectivity index (χ1) is 6.68. The van der Waals surface area contributed by atoms with Crippen LogP contribution in [0.4, 0.5) is 4.79 Å². The number of urea groups is 1. The average Bonchev–Trinajstić information content (AvgIpc) is 2.21. The van der Waals surface area contributed by atoms with Crippen LogP contribution >= 0.6 is 0 Å². The molecule has 4 nitrogen and oxygen atoms in total. The number of carbonyl (C=O) groups excluding carboxylic acids is 2. The maximum Gasteiger partial charge on any atom is 0.319 e. The molecule has 0 aromatic heterocycles. The molecule has 1 saturated heterocycles. The van der Waals surface area contributed by atoms with E-state index in [-0.39, 0.29) is 24.0 Å². The maximum absolute atomic E-state index is 12.1. The van der Waals surface area contributed by atoms with Gasteiger partial charge in [-0.05, 0) is 20.8 Å². The van der Waals surface area contributed by atoms with Crippen molar-refractivity contribution < 1.29 is 9.59 Å². The highest BCUT2D eigenvalue weighted by Crippen LogP contribution is 2.25. The molecule has 1 heterocycles. The summed E-state index contributed by atoms with van der Waals surface area (Å²) in [4.78, 5) is 25.7. The summed E-state index contributed by atoms with van der Waals surface area (Å²) < 4.78 is 1.50. The van der Waals surface area contributed by atoms with Gasteiger partial charge in [-0.15, -0.1) is 0 Å². The molecule has 1 unspecified atom stereocenters. The van der Waals surface area contributed by atoms with E-state index in [1.807, 2.05) is 33.5 Å². The van der Waals surface area contributed by atoms with Crippen LogP contribution in [0.3, 0.4) is 0 Å². The second-order valence-electron chi connectivity index (χ2n) is 5.30. The van der Waals surface area contributed by atoms with Crippen molar-refractivity contribution in [1.29, 1.82) is 0 Å². The van der Waals surface area contributed by atoms with Crippen molar-refractivity contribution in [3.63, 3.8) is 0 Å². The van der Waals surface area contributed by atoms with Crippen LogP contribution in [0.25, 0.3) is 0 Å². The second-order valence-corrected chi connectivity index (χ2v) is 10.1. The molecular formula is C10H20N2O2Si. The Balaban J connectivity index is 3.06. The highest BCUT2D eigenvalue weighted by Gasteiger charge is 2.48. The van der Waals surface area contributed by atoms with Crippen LogP contribution in [0.2, 0.25) is 19.6 Å². The molecule has 0 spiro atoms. The Morgan fingerprint density at radius 1 is 1.20 bits per heavy atom. The van der Waals surface area contributed by atoms with Gasteiger partial charge >= 0.3 is 6.03 Å². The Kier molecular flexibility index (Phi) is 2.96. The molecule has 1 atom stereocenters. The molecule has 1 rings (SSSR count). The Labute approximate surface area is 92.3 Å². The first-order valence-corrected chi connectivity index (χ1v) is 8.79. The largest absolute Gasteiger partial charge is 0.319 e. The van der Waals surface area contributed by atoms with Crippen molar-refractivity contribution >= 4 is 20.2 Å². The summed E-state index contributed by atoms with van der Waals surface area (Å²) in [6.07, 6.45) is 0. The van der Waals surface area contributed by atoms with Gasteiger partial charge in [-0.25, -0.2) is 4.79 Å². The lowest BCUT2D eigenvalue weighted by atomic mass is 10.2. The van der Waals surface area contributed by atoms with Crippen molar-refractivity contribution in [2.24, 2.45) is 0 Å². The fraction of sp³-hybridized carbons (Fsp3) is 0.800. The standard InChI is InChI=1S/C10H20N2O2Si/c1-7(2)11-8(3)9(13)12(10(11)14)15(4,5)6/h7-8H,1-6H3. The summed E-state index contributed by atoms with van der Waals surface area (Å²) in [5, 5.41) is 0. The summed E-state index contributed by atoms with van der Waals surface area (Å²) in [5.74, 6) is -0.0344. The Morgan fingerprint density at radius 2 is 1.67 bits per heavy atom. The smallest absolute Gasteiger partial charge is 0.311 e. The minimum atomic E-state index is -1.89. The molecule has 0 radical (unpaired) electrons. The van der Waals surface area contributed by atoms with Gasteiger partial charge in [0.15, 0.2) is 8.24 Å². The molecule has 0 bridgehead atoms. The Hall–Kier alpha value is -0.843. The molecule has 0 N–H and O–H groups in total. The van der Waals surface area contributed by atoms with Gasteiger partial charge in [-0.1, -0.05) is 19.6 Å². The third-order valence-electron chi connectivity index (χ3n) is 2.63. The van der Waals surface area contributed by atoms with Gasteiger partial charge in [0.2, 0.25) is 5.91 Å². The Morgan fingerprint density at radius 3 is 1.87 bits per heavy atom. The molecule has 3 amide bonds. The van der Waals surface area contributed by atoms with Crippen molar-refractivity contribution in [1.82, 2.24) is 9.47 Å². The lowest BCUT2D eigenvalue weighted by Gasteiger charge is -2.28. The van der Waals surface area contributed by atoms with Crippen molar-refractivity contribution in [3.05, 3.63) is 0 Å². The number of hydrogen-bond donors (Lipinski definition) is 0. The van der Waals surface area contributed by atoms with E-state index >= 15 is 0 Å². The van der Waals surface area contributed by atoms with E-state index in [4.69, 9.17) is 0 Å². The zero-order valence-corrected chi connectivity index (χ0v) is 11.4. The van der Waals surface area contributed by atoms with Gasteiger partial charge in [0.25, 0.3) is 0 Å². The van der Waals surface area contributed by atoms with E-state index in [0.717, 1.165) is 0 Å². The quantitative estimate of drug-likeness (QED) is 0.535. The SMILES string of the molecule is CC(C)N1C(=O)N([Si](C)(C)C)C(=O)C1C. The lowest BCUT2D eigenvalue weighted by molar-refractivity contribution is -0.125. The zero-order valence-electron chi connectivity index (χ0n) is 10.4. The fourth-order valence-corrected chi connectivity index (χ4v) is 3.50. The number of nitrogens with zero attached hydrogens (tertiary/aromatic N) is 2. The highest BCUT2D eigenvalue weighted by atomic mass is 28.3. The zero-order chi connectivity index (χ0) is 12.0. The number of amides is 3. The molecular weight excluding hydrogens is 208 g/mol. The average molecular weight is 228 g/mol. The molecule has 0 aromatic rings. The normalized spacial score (nSPS) is 23.3. The van der Waals surface area contributed by atoms with Gasteiger partial charge in [0.05, 0.1) is 0 Å². The maximum atomic E-state index is 12.1. The summed E-state index contributed by atoms with van der Waals surface area (Å²) in [6.45, 7) is 11.7. The number of imide groups is 1. The second kappa shape index (κ2) is 3.63. The van der Waals surface area contributed by atoms with E-state index in [1.54, 1.807) is 11.8 Å². The fourth-order valence-electron chi connectivity index (χ4n) is 1.97. The van der Waals surface area contributed by atoms with E-state index in [1.165, 1.54) is 4.57 Å². The first-order valence-electron chi connectivity index (χ1n) is 5.34. The third-order valence-corrected chi connectivity index (χ3v) is 4.39. The molecule has 5 heteroatoms. The van der Waals surface area contributed by atoms with Crippen LogP contribution in [-0.2, 0) is 4.79 Å². The lowest BCUT2D eigenvalue weighted by Crippen LogP contribution is -2.50. The predicted octanol–water partition coefficient (Wildman–Crippen LogP) is 1.88. The van der Waals surface area contributed by atoms with E-state index in [9.17, 15) is 9.59 Å². The van der Waals surface area contributed by atoms with Crippen LogP contribution in [0.1, 0.15) is 20.8 Å². The van der Waals surface area contributed by atoms with Crippen LogP contribution < -0.4 is 0 Å². The molecule has 0 aromatic carbocycles. The topological polar surface area (TPSA) is 40.6 Å². The molecule has 15 heavy (non-hydrogen) atoms. The summed E-state index contributed by atoms with van der Waals surface area (Å²) >= 11 is 0. The summed E-state index contributed by atoms with van der Waals surface area (Å²) in [5.41, 5.74) is 0. The summed E-state index contributed by atoms with van der Waals surface area (Å²) in [6, 6.07) is -0.330. The molecule has 0 aliphatic carbocycles. The molecule has 1 fully saturated rings. The van der Waals surface area contributed by atoms with Crippen LogP contribution in [0, 0.1) is 0 Å². The van der Waals surface area contributed by atoms with Crippen LogP contribution in [0.5, 0.6) is 0 Å².